The largest absolute Gasteiger partial charge is 0.478 e. The van der Waals surface area contributed by atoms with E-state index in [0.717, 1.165) is 5.56 Å². The molecule has 1 amide bonds. The number of primary amides is 1. The highest BCUT2D eigenvalue weighted by atomic mass is 16.4. The van der Waals surface area contributed by atoms with E-state index in [2.05, 4.69) is 5.32 Å². The van der Waals surface area contributed by atoms with Crippen molar-refractivity contribution in [2.75, 3.05) is 5.32 Å². The third-order valence-corrected chi connectivity index (χ3v) is 3.09. The van der Waals surface area contributed by atoms with Gasteiger partial charge in [-0.3, -0.25) is 4.79 Å². The topological polar surface area (TPSA) is 106 Å². The van der Waals surface area contributed by atoms with E-state index in [4.69, 9.17) is 15.3 Å². The number of aryl methyl sites for hydroxylation is 2. The van der Waals surface area contributed by atoms with Crippen molar-refractivity contribution < 1.29 is 19.1 Å². The molecule has 6 nitrogen and oxygen atoms in total. The molecule has 0 saturated heterocycles. The van der Waals surface area contributed by atoms with Crippen molar-refractivity contribution in [3.05, 3.63) is 52.5 Å². The Morgan fingerprint density at radius 3 is 2.52 bits per heavy atom. The molecule has 6 heteroatoms. The van der Waals surface area contributed by atoms with Crippen molar-refractivity contribution in [3.8, 4) is 0 Å². The smallest absolute Gasteiger partial charge is 0.339 e. The van der Waals surface area contributed by atoms with Gasteiger partial charge in [-0.2, -0.15) is 0 Å². The normalized spacial score (nSPS) is 10.4. The molecule has 0 saturated carbocycles. The predicted molar refractivity (Wildman–Crippen MR) is 77.4 cm³/mol. The minimum Gasteiger partial charge on any atom is -0.478 e. The summed E-state index contributed by atoms with van der Waals surface area (Å²) in [5, 5.41) is 12.0. The molecule has 1 aromatic heterocycles. The lowest BCUT2D eigenvalue weighted by Crippen LogP contribution is -2.14. The number of carbonyl (C=O) groups excluding carboxylic acids is 1. The zero-order valence-electron chi connectivity index (χ0n) is 11.8. The lowest BCUT2D eigenvalue weighted by Gasteiger charge is -2.09. The average Bonchev–Trinajstić information content (AvgIpc) is 2.77. The Kier molecular flexibility index (Phi) is 3.98. The molecule has 0 bridgehead atoms. The molecule has 0 unspecified atom stereocenters. The fourth-order valence-electron chi connectivity index (χ4n) is 2.04. The molecule has 0 fully saturated rings. The van der Waals surface area contributed by atoms with Gasteiger partial charge < -0.3 is 20.6 Å². The summed E-state index contributed by atoms with van der Waals surface area (Å²) in [5.74, 6) is -0.740. The second-order valence-corrected chi connectivity index (χ2v) is 4.75. The highest BCUT2D eigenvalue weighted by molar-refractivity contribution is 5.98. The maximum Gasteiger partial charge on any atom is 0.339 e. The van der Waals surface area contributed by atoms with Gasteiger partial charge in [0, 0.05) is 5.69 Å². The maximum atomic E-state index is 11.4. The Morgan fingerprint density at radius 1 is 1.24 bits per heavy atom. The van der Waals surface area contributed by atoms with E-state index in [-0.39, 0.29) is 12.1 Å². The molecule has 1 heterocycles. The summed E-state index contributed by atoms with van der Waals surface area (Å²) in [7, 11) is 0. The van der Waals surface area contributed by atoms with Crippen LogP contribution in [0.25, 0.3) is 0 Å². The summed E-state index contributed by atoms with van der Waals surface area (Å²) in [6.07, 6.45) is 0. The lowest BCUT2D eigenvalue weighted by molar-refractivity contribution is 0.0694. The second kappa shape index (κ2) is 5.70. The fourth-order valence-corrected chi connectivity index (χ4v) is 2.04. The average molecular weight is 288 g/mol. The van der Waals surface area contributed by atoms with Gasteiger partial charge >= 0.3 is 5.97 Å². The summed E-state index contributed by atoms with van der Waals surface area (Å²) in [4.78, 5) is 22.3. The van der Waals surface area contributed by atoms with Crippen LogP contribution in [-0.2, 0) is 6.54 Å². The van der Waals surface area contributed by atoms with Gasteiger partial charge in [0.1, 0.15) is 17.1 Å². The first-order chi connectivity index (χ1) is 9.88. The van der Waals surface area contributed by atoms with Gasteiger partial charge in [-0.1, -0.05) is 6.07 Å². The standard InChI is InChI=1S/C15H16N2O4/c1-8-3-4-11(14(16)18)13(5-8)17-7-10-6-12(15(19)20)9(2)21-10/h3-6,17H,7H2,1-2H3,(H2,16,18)(H,19,20). The Balaban J connectivity index is 2.20. The summed E-state index contributed by atoms with van der Waals surface area (Å²) >= 11 is 0. The number of carboxylic acid groups (broad SMARTS) is 1. The van der Waals surface area contributed by atoms with E-state index >= 15 is 0 Å². The zero-order valence-corrected chi connectivity index (χ0v) is 11.8. The van der Waals surface area contributed by atoms with Crippen LogP contribution in [0.15, 0.2) is 28.7 Å². The molecule has 2 rings (SSSR count). The number of rotatable bonds is 5. The zero-order chi connectivity index (χ0) is 15.6. The van der Waals surface area contributed by atoms with Gasteiger partial charge in [0.2, 0.25) is 0 Å². The van der Waals surface area contributed by atoms with E-state index in [0.29, 0.717) is 22.8 Å². The van der Waals surface area contributed by atoms with Crippen LogP contribution in [0.2, 0.25) is 0 Å². The van der Waals surface area contributed by atoms with Crippen LogP contribution in [0, 0.1) is 13.8 Å². The minimum absolute atomic E-state index is 0.131. The molecule has 4 N–H and O–H groups in total. The Labute approximate surface area is 121 Å². The van der Waals surface area contributed by atoms with Gasteiger partial charge in [0.15, 0.2) is 0 Å². The van der Waals surface area contributed by atoms with Gasteiger partial charge in [0.25, 0.3) is 5.91 Å². The highest BCUT2D eigenvalue weighted by Gasteiger charge is 2.14. The van der Waals surface area contributed by atoms with Crippen molar-refractivity contribution >= 4 is 17.6 Å². The number of aromatic carboxylic acids is 1. The summed E-state index contributed by atoms with van der Waals surface area (Å²) < 4.78 is 5.37. The Morgan fingerprint density at radius 2 is 1.95 bits per heavy atom. The quantitative estimate of drug-likeness (QED) is 0.782. The molecule has 0 atom stereocenters. The van der Waals surface area contributed by atoms with E-state index < -0.39 is 11.9 Å². The van der Waals surface area contributed by atoms with Gasteiger partial charge in [-0.25, -0.2) is 4.79 Å². The van der Waals surface area contributed by atoms with E-state index in [9.17, 15) is 9.59 Å². The third-order valence-electron chi connectivity index (χ3n) is 3.09. The van der Waals surface area contributed by atoms with Crippen molar-refractivity contribution in [3.63, 3.8) is 0 Å². The van der Waals surface area contributed by atoms with Gasteiger partial charge in [-0.15, -0.1) is 0 Å². The van der Waals surface area contributed by atoms with E-state index in [1.165, 1.54) is 6.07 Å². The molecule has 110 valence electrons. The molecule has 2 aromatic rings. The van der Waals surface area contributed by atoms with Crippen LogP contribution in [-0.4, -0.2) is 17.0 Å². The first-order valence-corrected chi connectivity index (χ1v) is 6.35. The predicted octanol–water partition coefficient (Wildman–Crippen LogP) is 2.31. The number of carbonyl (C=O) groups is 2. The monoisotopic (exact) mass is 288 g/mol. The SMILES string of the molecule is Cc1ccc(C(N)=O)c(NCc2cc(C(=O)O)c(C)o2)c1. The summed E-state index contributed by atoms with van der Waals surface area (Å²) in [6, 6.07) is 6.71. The number of furan rings is 1. The first kappa shape index (κ1) is 14.6. The van der Waals surface area contributed by atoms with E-state index in [1.807, 2.05) is 6.92 Å². The number of amides is 1. The molecule has 0 aliphatic heterocycles. The van der Waals surface area contributed by atoms with Crippen molar-refractivity contribution in [2.24, 2.45) is 5.73 Å². The fraction of sp³-hybridized carbons (Fsp3) is 0.200. The number of hydrogen-bond donors (Lipinski definition) is 3. The molecular weight excluding hydrogens is 272 g/mol. The van der Waals surface area contributed by atoms with Gasteiger partial charge in [0.05, 0.1) is 12.1 Å². The van der Waals surface area contributed by atoms with Crippen LogP contribution in [0.3, 0.4) is 0 Å². The number of carboxylic acids is 1. The molecular formula is C15H16N2O4. The third kappa shape index (κ3) is 3.22. The summed E-state index contributed by atoms with van der Waals surface area (Å²) in [5.41, 5.74) is 7.40. The van der Waals surface area contributed by atoms with E-state index in [1.54, 1.807) is 25.1 Å². The number of hydrogen-bond acceptors (Lipinski definition) is 4. The summed E-state index contributed by atoms with van der Waals surface area (Å²) in [6.45, 7) is 3.75. The molecule has 1 aromatic carbocycles. The molecule has 0 radical (unpaired) electrons. The number of anilines is 1. The number of nitrogens with one attached hydrogen (secondary N) is 1. The van der Waals surface area contributed by atoms with Crippen molar-refractivity contribution in [2.45, 2.75) is 20.4 Å². The molecule has 0 aliphatic carbocycles. The molecule has 0 aliphatic rings. The van der Waals surface area contributed by atoms with Crippen molar-refractivity contribution in [1.82, 2.24) is 0 Å². The Bertz CT molecular complexity index is 704. The maximum absolute atomic E-state index is 11.4. The Hall–Kier alpha value is -2.76. The van der Waals surface area contributed by atoms with Crippen LogP contribution in [0.1, 0.15) is 37.8 Å². The number of nitrogens with two attached hydrogens (primary N) is 1. The van der Waals surface area contributed by atoms with Crippen LogP contribution >= 0.6 is 0 Å². The molecule has 21 heavy (non-hydrogen) atoms. The van der Waals surface area contributed by atoms with Crippen molar-refractivity contribution in [1.29, 1.82) is 0 Å². The minimum atomic E-state index is -1.03. The van der Waals surface area contributed by atoms with Crippen LogP contribution < -0.4 is 11.1 Å². The van der Waals surface area contributed by atoms with Crippen LogP contribution in [0.4, 0.5) is 5.69 Å². The molecule has 0 spiro atoms. The van der Waals surface area contributed by atoms with Crippen LogP contribution in [0.5, 0.6) is 0 Å². The first-order valence-electron chi connectivity index (χ1n) is 6.35. The van der Waals surface area contributed by atoms with Gasteiger partial charge in [-0.05, 0) is 37.6 Å². The second-order valence-electron chi connectivity index (χ2n) is 4.75. The number of benzene rings is 1. The lowest BCUT2D eigenvalue weighted by atomic mass is 10.1. The highest BCUT2D eigenvalue weighted by Crippen LogP contribution is 2.20.